The number of carbonyl (C=O) groups excluding carboxylic acids is 1. The zero-order valence-corrected chi connectivity index (χ0v) is 20.6. The number of anilines is 1. The Kier molecular flexibility index (Phi) is 8.34. The van der Waals surface area contributed by atoms with E-state index in [1.807, 2.05) is 13.8 Å². The lowest BCUT2D eigenvalue weighted by molar-refractivity contribution is -0.00957. The number of benzene rings is 1. The van der Waals surface area contributed by atoms with Gasteiger partial charge in [0, 0.05) is 23.7 Å². The van der Waals surface area contributed by atoms with Crippen molar-refractivity contribution in [2.45, 2.75) is 76.9 Å². The summed E-state index contributed by atoms with van der Waals surface area (Å²) in [6.07, 6.45) is 5.44. The number of pyridine rings is 1. The predicted octanol–water partition coefficient (Wildman–Crippen LogP) is 4.75. The second-order valence-corrected chi connectivity index (χ2v) is 10.7. The Hall–Kier alpha value is -2.36. The Labute approximate surface area is 201 Å². The minimum Gasteiger partial charge on any atom is -0.380 e. The van der Waals surface area contributed by atoms with E-state index < -0.39 is 42.5 Å². The van der Waals surface area contributed by atoms with Crippen LogP contribution in [0, 0.1) is 5.82 Å². The molecule has 1 aliphatic carbocycles. The number of fused-ring (bicyclic) bond motifs is 1. The summed E-state index contributed by atoms with van der Waals surface area (Å²) in [6.45, 7) is 3.77. The number of nitrogens with one attached hydrogen (secondary N) is 2. The third-order valence-corrected chi connectivity index (χ3v) is 7.18. The van der Waals surface area contributed by atoms with Crippen LogP contribution in [0.25, 0.3) is 10.9 Å². The Morgan fingerprint density at radius 1 is 1.20 bits per heavy atom. The van der Waals surface area contributed by atoms with Crippen molar-refractivity contribution in [2.75, 3.05) is 11.5 Å². The SMILES string of the molecule is CCC(CC)n1cc(C(=O)NC(F)(F)CP(=O)(O)O)c(=O)c2cc(F)c(NC3CCCCC3)cc21. The van der Waals surface area contributed by atoms with E-state index in [0.717, 1.165) is 44.4 Å². The fourth-order valence-electron chi connectivity index (χ4n) is 4.62. The van der Waals surface area contributed by atoms with Crippen molar-refractivity contribution >= 4 is 30.1 Å². The molecule has 1 heterocycles. The van der Waals surface area contributed by atoms with Gasteiger partial charge in [0.05, 0.1) is 11.2 Å². The molecule has 3 rings (SSSR count). The van der Waals surface area contributed by atoms with Crippen LogP contribution >= 0.6 is 7.60 Å². The standard InChI is InChI=1S/C23H31F3N3O5P/c1-3-15(4-2)29-12-17(22(31)28-23(25,26)13-35(32,33)34)21(30)16-10-18(24)19(11-20(16)29)27-14-8-6-5-7-9-14/h10-12,14-15,27H,3-9,13H2,1-2H3,(H,28,31)(H2,32,33,34). The van der Waals surface area contributed by atoms with Gasteiger partial charge in [-0.3, -0.25) is 19.5 Å². The number of nitrogens with zero attached hydrogens (tertiary/aromatic N) is 1. The van der Waals surface area contributed by atoms with Gasteiger partial charge in [-0.2, -0.15) is 8.78 Å². The topological polar surface area (TPSA) is 121 Å². The molecule has 0 saturated heterocycles. The van der Waals surface area contributed by atoms with E-state index >= 15 is 4.39 Å². The van der Waals surface area contributed by atoms with E-state index in [1.54, 1.807) is 4.57 Å². The van der Waals surface area contributed by atoms with Crippen LogP contribution in [-0.2, 0) is 4.57 Å². The number of rotatable bonds is 9. The maximum Gasteiger partial charge on any atom is 0.337 e. The van der Waals surface area contributed by atoms with Crippen LogP contribution in [-0.4, -0.2) is 38.5 Å². The Balaban J connectivity index is 2.10. The first-order chi connectivity index (χ1) is 16.3. The van der Waals surface area contributed by atoms with Gasteiger partial charge in [-0.25, -0.2) is 4.39 Å². The largest absolute Gasteiger partial charge is 0.380 e. The molecule has 0 aliphatic heterocycles. The maximum atomic E-state index is 15.0. The summed E-state index contributed by atoms with van der Waals surface area (Å²) in [4.78, 5) is 43.4. The number of aromatic nitrogens is 1. The molecule has 0 bridgehead atoms. The predicted molar refractivity (Wildman–Crippen MR) is 128 cm³/mol. The van der Waals surface area contributed by atoms with Gasteiger partial charge in [-0.15, -0.1) is 0 Å². The monoisotopic (exact) mass is 517 g/mol. The number of hydrogen-bond acceptors (Lipinski definition) is 4. The summed E-state index contributed by atoms with van der Waals surface area (Å²) in [5, 5.41) is 4.30. The molecule has 1 aromatic heterocycles. The van der Waals surface area contributed by atoms with Crippen molar-refractivity contribution in [3.63, 3.8) is 0 Å². The summed E-state index contributed by atoms with van der Waals surface area (Å²) in [6, 6.07) is -1.84. The normalized spacial score (nSPS) is 15.5. The first-order valence-corrected chi connectivity index (χ1v) is 13.5. The minimum atomic E-state index is -5.15. The van der Waals surface area contributed by atoms with Crippen LogP contribution < -0.4 is 16.1 Å². The molecule has 0 radical (unpaired) electrons. The summed E-state index contributed by atoms with van der Waals surface area (Å²) in [5.41, 5.74) is -1.02. The molecular weight excluding hydrogens is 486 g/mol. The van der Waals surface area contributed by atoms with E-state index in [2.05, 4.69) is 5.32 Å². The first kappa shape index (κ1) is 27.2. The van der Waals surface area contributed by atoms with Crippen LogP contribution in [0.3, 0.4) is 0 Å². The van der Waals surface area contributed by atoms with Gasteiger partial charge in [0.25, 0.3) is 5.91 Å². The number of hydrogen-bond donors (Lipinski definition) is 4. The van der Waals surface area contributed by atoms with E-state index in [-0.39, 0.29) is 23.2 Å². The molecular formula is C23H31F3N3O5P. The minimum absolute atomic E-state index is 0.102. The molecule has 2 aromatic rings. The number of alkyl halides is 2. The fraction of sp³-hybridized carbons (Fsp3) is 0.565. The lowest BCUT2D eigenvalue weighted by Gasteiger charge is -2.26. The molecule has 8 nitrogen and oxygen atoms in total. The van der Waals surface area contributed by atoms with E-state index in [0.29, 0.717) is 18.4 Å². The van der Waals surface area contributed by atoms with Crippen LogP contribution in [0.4, 0.5) is 18.9 Å². The van der Waals surface area contributed by atoms with Crippen LogP contribution in [0.5, 0.6) is 0 Å². The third-order valence-electron chi connectivity index (χ3n) is 6.37. The van der Waals surface area contributed by atoms with Crippen molar-refractivity contribution < 1.29 is 32.3 Å². The van der Waals surface area contributed by atoms with Crippen molar-refractivity contribution in [3.8, 4) is 0 Å². The molecule has 1 aromatic carbocycles. The average molecular weight is 517 g/mol. The summed E-state index contributed by atoms with van der Waals surface area (Å²) in [7, 11) is -5.15. The van der Waals surface area contributed by atoms with Gasteiger partial charge < -0.3 is 19.7 Å². The fourth-order valence-corrected chi connectivity index (χ4v) is 5.22. The zero-order valence-electron chi connectivity index (χ0n) is 19.7. The lowest BCUT2D eigenvalue weighted by Crippen LogP contribution is -2.45. The van der Waals surface area contributed by atoms with Crippen molar-refractivity contribution in [3.05, 3.63) is 39.9 Å². The van der Waals surface area contributed by atoms with Gasteiger partial charge in [0.2, 0.25) is 5.43 Å². The van der Waals surface area contributed by atoms with Crippen LogP contribution in [0.2, 0.25) is 0 Å². The van der Waals surface area contributed by atoms with Gasteiger partial charge in [0.15, 0.2) is 0 Å². The maximum absolute atomic E-state index is 15.0. The number of halogens is 3. The third kappa shape index (κ3) is 6.65. The first-order valence-electron chi connectivity index (χ1n) is 11.7. The van der Waals surface area contributed by atoms with Crippen LogP contribution in [0.1, 0.15) is 75.2 Å². The van der Waals surface area contributed by atoms with E-state index in [4.69, 9.17) is 9.79 Å². The Morgan fingerprint density at radius 2 is 1.83 bits per heavy atom. The van der Waals surface area contributed by atoms with Crippen molar-refractivity contribution in [1.29, 1.82) is 0 Å². The van der Waals surface area contributed by atoms with Gasteiger partial charge in [-0.1, -0.05) is 33.1 Å². The average Bonchev–Trinajstić information content (AvgIpc) is 2.75. The van der Waals surface area contributed by atoms with Crippen LogP contribution in [0.15, 0.2) is 23.1 Å². The Morgan fingerprint density at radius 3 is 2.40 bits per heavy atom. The molecule has 0 spiro atoms. The summed E-state index contributed by atoms with van der Waals surface area (Å²) < 4.78 is 55.7. The number of amides is 1. The molecule has 35 heavy (non-hydrogen) atoms. The van der Waals surface area contributed by atoms with Gasteiger partial charge in [0.1, 0.15) is 17.5 Å². The highest BCUT2D eigenvalue weighted by molar-refractivity contribution is 7.51. The molecule has 12 heteroatoms. The van der Waals surface area contributed by atoms with Crippen molar-refractivity contribution in [2.24, 2.45) is 0 Å². The molecule has 1 saturated carbocycles. The van der Waals surface area contributed by atoms with Gasteiger partial charge >= 0.3 is 13.6 Å². The Bertz CT molecular complexity index is 1190. The molecule has 1 fully saturated rings. The zero-order chi connectivity index (χ0) is 26.0. The second kappa shape index (κ2) is 10.7. The highest BCUT2D eigenvalue weighted by Crippen LogP contribution is 2.39. The number of carbonyl (C=O) groups is 1. The van der Waals surface area contributed by atoms with Gasteiger partial charge in [-0.05, 0) is 37.8 Å². The second-order valence-electron chi connectivity index (χ2n) is 9.06. The highest BCUT2D eigenvalue weighted by atomic mass is 31.2. The highest BCUT2D eigenvalue weighted by Gasteiger charge is 2.39. The molecule has 1 amide bonds. The molecule has 4 N–H and O–H groups in total. The van der Waals surface area contributed by atoms with E-state index in [9.17, 15) is 22.9 Å². The molecule has 0 unspecified atom stereocenters. The van der Waals surface area contributed by atoms with E-state index in [1.165, 1.54) is 11.4 Å². The quantitative estimate of drug-likeness (QED) is 0.282. The van der Waals surface area contributed by atoms with Crippen molar-refractivity contribution in [1.82, 2.24) is 9.88 Å². The molecule has 1 aliphatic rings. The smallest absolute Gasteiger partial charge is 0.337 e. The molecule has 194 valence electrons. The summed E-state index contributed by atoms with van der Waals surface area (Å²) in [5.74, 6) is -2.19. The lowest BCUT2D eigenvalue weighted by atomic mass is 9.95. The summed E-state index contributed by atoms with van der Waals surface area (Å²) >= 11 is 0. The molecule has 0 atom stereocenters.